The minimum atomic E-state index is -1.35. The first-order valence-electron chi connectivity index (χ1n) is 4.65. The van der Waals surface area contributed by atoms with Gasteiger partial charge in [0.25, 0.3) is 0 Å². The van der Waals surface area contributed by atoms with Gasteiger partial charge in [0.2, 0.25) is 5.82 Å². The van der Waals surface area contributed by atoms with Crippen molar-refractivity contribution in [3.8, 4) is 11.4 Å². The van der Waals surface area contributed by atoms with Gasteiger partial charge in [0.1, 0.15) is 5.82 Å². The van der Waals surface area contributed by atoms with E-state index in [1.165, 1.54) is 6.07 Å². The first-order chi connectivity index (χ1) is 8.08. The van der Waals surface area contributed by atoms with Crippen LogP contribution < -0.4 is 0 Å². The van der Waals surface area contributed by atoms with Crippen LogP contribution in [0, 0.1) is 12.7 Å². The summed E-state index contributed by atoms with van der Waals surface area (Å²) in [6.07, 6.45) is 0. The SMILES string of the molecule is Cc1nnc(-c2ccc(F)c(C(=O)O)c2)nn1. The summed E-state index contributed by atoms with van der Waals surface area (Å²) < 4.78 is 13.1. The lowest BCUT2D eigenvalue weighted by molar-refractivity contribution is 0.0692. The Kier molecular flexibility index (Phi) is 2.73. The van der Waals surface area contributed by atoms with Gasteiger partial charge in [-0.25, -0.2) is 9.18 Å². The Morgan fingerprint density at radius 1 is 1.24 bits per heavy atom. The second kappa shape index (κ2) is 4.20. The largest absolute Gasteiger partial charge is 0.478 e. The van der Waals surface area contributed by atoms with Crippen LogP contribution >= 0.6 is 0 Å². The number of carboxylic acid groups (broad SMARTS) is 1. The number of carbonyl (C=O) groups is 1. The molecular formula is C10H7FN4O2. The van der Waals surface area contributed by atoms with Crippen LogP contribution in [-0.2, 0) is 0 Å². The first kappa shape index (κ1) is 11.1. The molecular weight excluding hydrogens is 227 g/mol. The summed E-state index contributed by atoms with van der Waals surface area (Å²) in [7, 11) is 0. The molecule has 86 valence electrons. The standard InChI is InChI=1S/C10H7FN4O2/c1-5-12-14-9(15-13-5)6-2-3-8(11)7(4-6)10(16)17/h2-4H,1H3,(H,16,17). The van der Waals surface area contributed by atoms with Crippen molar-refractivity contribution in [2.24, 2.45) is 0 Å². The molecule has 0 bridgehead atoms. The van der Waals surface area contributed by atoms with Gasteiger partial charge < -0.3 is 5.11 Å². The van der Waals surface area contributed by atoms with E-state index in [9.17, 15) is 9.18 Å². The molecule has 0 aliphatic heterocycles. The molecule has 0 amide bonds. The summed E-state index contributed by atoms with van der Waals surface area (Å²) in [6, 6.07) is 3.56. The summed E-state index contributed by atoms with van der Waals surface area (Å²) in [5, 5.41) is 23.6. The van der Waals surface area contributed by atoms with E-state index in [0.717, 1.165) is 12.1 Å². The van der Waals surface area contributed by atoms with Crippen molar-refractivity contribution in [3.05, 3.63) is 35.4 Å². The third kappa shape index (κ3) is 2.22. The molecule has 0 aliphatic rings. The number of halogens is 1. The van der Waals surface area contributed by atoms with Crippen LogP contribution in [0.5, 0.6) is 0 Å². The van der Waals surface area contributed by atoms with Gasteiger partial charge in [-0.1, -0.05) is 0 Å². The topological polar surface area (TPSA) is 88.9 Å². The number of aromatic nitrogens is 4. The van der Waals surface area contributed by atoms with Crippen molar-refractivity contribution in [2.75, 3.05) is 0 Å². The van der Waals surface area contributed by atoms with Crippen LogP contribution in [0.4, 0.5) is 4.39 Å². The van der Waals surface area contributed by atoms with E-state index in [0.29, 0.717) is 11.4 Å². The Bertz CT molecular complexity index is 571. The molecule has 1 heterocycles. The Balaban J connectivity index is 2.50. The molecule has 1 aromatic heterocycles. The van der Waals surface area contributed by atoms with E-state index in [1.807, 2.05) is 0 Å². The highest BCUT2D eigenvalue weighted by molar-refractivity contribution is 5.89. The van der Waals surface area contributed by atoms with Gasteiger partial charge in [-0.15, -0.1) is 20.4 Å². The number of benzene rings is 1. The Labute approximate surface area is 95.2 Å². The van der Waals surface area contributed by atoms with Gasteiger partial charge in [-0.3, -0.25) is 0 Å². The van der Waals surface area contributed by atoms with Crippen molar-refractivity contribution in [1.82, 2.24) is 20.4 Å². The molecule has 0 unspecified atom stereocenters. The highest BCUT2D eigenvalue weighted by Gasteiger charge is 2.13. The number of hydrogen-bond acceptors (Lipinski definition) is 5. The fourth-order valence-electron chi connectivity index (χ4n) is 1.22. The normalized spacial score (nSPS) is 10.2. The maximum Gasteiger partial charge on any atom is 0.338 e. The average Bonchev–Trinajstić information content (AvgIpc) is 2.30. The molecule has 2 rings (SSSR count). The summed E-state index contributed by atoms with van der Waals surface area (Å²) >= 11 is 0. The molecule has 1 aromatic carbocycles. The molecule has 17 heavy (non-hydrogen) atoms. The summed E-state index contributed by atoms with van der Waals surface area (Å²) in [5.41, 5.74) is -0.0875. The number of hydrogen-bond donors (Lipinski definition) is 1. The zero-order valence-electron chi connectivity index (χ0n) is 8.75. The number of carboxylic acids is 1. The van der Waals surface area contributed by atoms with Crippen molar-refractivity contribution in [3.63, 3.8) is 0 Å². The molecule has 2 aromatic rings. The van der Waals surface area contributed by atoms with Crippen LogP contribution in [0.15, 0.2) is 18.2 Å². The third-order valence-corrected chi connectivity index (χ3v) is 2.03. The Morgan fingerprint density at radius 2 is 1.88 bits per heavy atom. The molecule has 0 saturated heterocycles. The molecule has 0 atom stereocenters. The maximum absolute atomic E-state index is 13.1. The lowest BCUT2D eigenvalue weighted by atomic mass is 10.1. The second-order valence-corrected chi connectivity index (χ2v) is 3.27. The lowest BCUT2D eigenvalue weighted by Gasteiger charge is -2.01. The van der Waals surface area contributed by atoms with Crippen LogP contribution in [0.3, 0.4) is 0 Å². The molecule has 0 saturated carbocycles. The fraction of sp³-hybridized carbons (Fsp3) is 0.100. The summed E-state index contributed by atoms with van der Waals surface area (Å²) in [6.45, 7) is 1.62. The average molecular weight is 234 g/mol. The quantitative estimate of drug-likeness (QED) is 0.836. The fourth-order valence-corrected chi connectivity index (χ4v) is 1.22. The predicted molar refractivity (Wildman–Crippen MR) is 54.7 cm³/mol. The number of aromatic carboxylic acids is 1. The smallest absolute Gasteiger partial charge is 0.338 e. The molecule has 0 radical (unpaired) electrons. The van der Waals surface area contributed by atoms with E-state index in [1.54, 1.807) is 6.92 Å². The number of nitrogens with zero attached hydrogens (tertiary/aromatic N) is 4. The summed E-state index contributed by atoms with van der Waals surface area (Å²) in [5.74, 6) is -1.61. The Hall–Kier alpha value is -2.44. The van der Waals surface area contributed by atoms with Crippen LogP contribution in [0.25, 0.3) is 11.4 Å². The van der Waals surface area contributed by atoms with Crippen molar-refractivity contribution >= 4 is 5.97 Å². The molecule has 6 nitrogen and oxygen atoms in total. The van der Waals surface area contributed by atoms with Crippen molar-refractivity contribution in [2.45, 2.75) is 6.92 Å². The van der Waals surface area contributed by atoms with Crippen LogP contribution in [0.2, 0.25) is 0 Å². The van der Waals surface area contributed by atoms with Gasteiger partial charge in [-0.05, 0) is 25.1 Å². The number of rotatable bonds is 2. The van der Waals surface area contributed by atoms with E-state index < -0.39 is 17.3 Å². The van der Waals surface area contributed by atoms with Gasteiger partial charge >= 0.3 is 5.97 Å². The maximum atomic E-state index is 13.1. The van der Waals surface area contributed by atoms with Gasteiger partial charge in [0, 0.05) is 5.56 Å². The third-order valence-electron chi connectivity index (χ3n) is 2.03. The minimum Gasteiger partial charge on any atom is -0.478 e. The Morgan fingerprint density at radius 3 is 2.47 bits per heavy atom. The van der Waals surface area contributed by atoms with E-state index in [2.05, 4.69) is 20.4 Å². The lowest BCUT2D eigenvalue weighted by Crippen LogP contribution is -2.03. The molecule has 1 N–H and O–H groups in total. The van der Waals surface area contributed by atoms with Crippen LogP contribution in [0.1, 0.15) is 16.2 Å². The predicted octanol–water partition coefficient (Wildman–Crippen LogP) is 1.08. The van der Waals surface area contributed by atoms with Crippen molar-refractivity contribution in [1.29, 1.82) is 0 Å². The monoisotopic (exact) mass is 234 g/mol. The van der Waals surface area contributed by atoms with Gasteiger partial charge in [0.05, 0.1) is 5.56 Å². The van der Waals surface area contributed by atoms with E-state index in [-0.39, 0.29) is 5.82 Å². The number of aryl methyl sites for hydroxylation is 1. The van der Waals surface area contributed by atoms with E-state index >= 15 is 0 Å². The highest BCUT2D eigenvalue weighted by Crippen LogP contribution is 2.17. The minimum absolute atomic E-state index is 0.151. The second-order valence-electron chi connectivity index (χ2n) is 3.27. The molecule has 0 aliphatic carbocycles. The first-order valence-corrected chi connectivity index (χ1v) is 4.65. The summed E-state index contributed by atoms with van der Waals surface area (Å²) in [4.78, 5) is 10.7. The molecule has 0 fully saturated rings. The zero-order chi connectivity index (χ0) is 12.4. The van der Waals surface area contributed by atoms with Gasteiger partial charge in [0.15, 0.2) is 5.82 Å². The zero-order valence-corrected chi connectivity index (χ0v) is 8.75. The highest BCUT2D eigenvalue weighted by atomic mass is 19.1. The van der Waals surface area contributed by atoms with E-state index in [4.69, 9.17) is 5.11 Å². The van der Waals surface area contributed by atoms with Gasteiger partial charge in [-0.2, -0.15) is 0 Å². The molecule has 7 heteroatoms. The molecule has 0 spiro atoms. The van der Waals surface area contributed by atoms with Crippen LogP contribution in [-0.4, -0.2) is 31.5 Å². The van der Waals surface area contributed by atoms with Crippen molar-refractivity contribution < 1.29 is 14.3 Å².